The van der Waals surface area contributed by atoms with Gasteiger partial charge >= 0.3 is 12.2 Å². The average molecular weight is 486 g/mol. The summed E-state index contributed by atoms with van der Waals surface area (Å²) in [5.41, 5.74) is 1.34. The van der Waals surface area contributed by atoms with E-state index in [1.165, 1.54) is 15.9 Å². The monoisotopic (exact) mass is 486 g/mol. The Hall–Kier alpha value is -3.89. The van der Waals surface area contributed by atoms with Crippen LogP contribution in [0.1, 0.15) is 45.5 Å². The molecule has 3 aliphatic heterocycles. The van der Waals surface area contributed by atoms with Crippen molar-refractivity contribution in [1.82, 2.24) is 15.1 Å². The second-order valence-corrected chi connectivity index (χ2v) is 8.81. The summed E-state index contributed by atoms with van der Waals surface area (Å²) in [5.74, 6) is -1.22. The number of halogens is 3. The van der Waals surface area contributed by atoms with Gasteiger partial charge < -0.3 is 15.1 Å². The van der Waals surface area contributed by atoms with Gasteiger partial charge in [-0.25, -0.2) is 4.79 Å². The van der Waals surface area contributed by atoms with E-state index in [1.54, 1.807) is 24.3 Å². The minimum atomic E-state index is -4.51. The first-order chi connectivity index (χ1) is 16.6. The molecule has 11 heteroatoms. The smallest absolute Gasteiger partial charge is 0.322 e. The van der Waals surface area contributed by atoms with E-state index in [1.807, 2.05) is 0 Å². The number of alkyl halides is 3. The third-order valence-corrected chi connectivity index (χ3v) is 6.64. The van der Waals surface area contributed by atoms with E-state index >= 15 is 0 Å². The molecule has 3 heterocycles. The van der Waals surface area contributed by atoms with Gasteiger partial charge in [0.1, 0.15) is 6.04 Å². The Morgan fingerprint density at radius 3 is 2.57 bits per heavy atom. The molecule has 3 aliphatic rings. The van der Waals surface area contributed by atoms with Crippen molar-refractivity contribution in [2.75, 3.05) is 11.9 Å². The molecule has 1 atom stereocenters. The maximum Gasteiger partial charge on any atom is 0.416 e. The number of nitrogens with one attached hydrogen (secondary N) is 2. The van der Waals surface area contributed by atoms with Crippen molar-refractivity contribution in [3.8, 4) is 0 Å². The van der Waals surface area contributed by atoms with Crippen LogP contribution in [0.2, 0.25) is 0 Å². The summed E-state index contributed by atoms with van der Waals surface area (Å²) < 4.78 is 40.3. The zero-order chi connectivity index (χ0) is 24.9. The number of amides is 5. The van der Waals surface area contributed by atoms with Crippen LogP contribution >= 0.6 is 0 Å². The van der Waals surface area contributed by atoms with E-state index < -0.39 is 29.7 Å². The van der Waals surface area contributed by atoms with Crippen LogP contribution < -0.4 is 10.6 Å². The number of nitrogens with zero attached hydrogens (tertiary/aromatic N) is 2. The number of piperidine rings is 1. The van der Waals surface area contributed by atoms with Crippen molar-refractivity contribution >= 4 is 29.4 Å². The number of imide groups is 1. The summed E-state index contributed by atoms with van der Waals surface area (Å²) in [5, 5.41) is 4.95. The minimum Gasteiger partial charge on any atom is -0.322 e. The third kappa shape index (κ3) is 4.22. The van der Waals surface area contributed by atoms with Crippen molar-refractivity contribution in [3.63, 3.8) is 0 Å². The Balaban J connectivity index is 1.29. The molecule has 0 bridgehead atoms. The van der Waals surface area contributed by atoms with E-state index in [4.69, 9.17) is 0 Å². The summed E-state index contributed by atoms with van der Waals surface area (Å²) in [6.45, 7) is 0.257. The lowest BCUT2D eigenvalue weighted by atomic mass is 9.94. The molecule has 2 N–H and O–H groups in total. The lowest BCUT2D eigenvalue weighted by molar-refractivity contribution is -0.139. The summed E-state index contributed by atoms with van der Waals surface area (Å²) in [7, 11) is 0. The Bertz CT molecular complexity index is 1260. The molecule has 1 fully saturated rings. The molecule has 35 heavy (non-hydrogen) atoms. The first-order valence-electron chi connectivity index (χ1n) is 11.1. The molecule has 0 saturated carbocycles. The quantitative estimate of drug-likeness (QED) is 0.638. The van der Waals surface area contributed by atoms with Crippen LogP contribution in [0.3, 0.4) is 0 Å². The van der Waals surface area contributed by atoms with Crippen LogP contribution in [-0.4, -0.2) is 46.1 Å². The molecule has 8 nitrogen and oxygen atoms in total. The van der Waals surface area contributed by atoms with Crippen molar-refractivity contribution in [2.24, 2.45) is 0 Å². The molecule has 5 rings (SSSR count). The fourth-order valence-electron chi connectivity index (χ4n) is 4.87. The second kappa shape index (κ2) is 8.40. The highest BCUT2D eigenvalue weighted by Gasteiger charge is 2.39. The number of fused-ring (bicyclic) bond motifs is 2. The minimum absolute atomic E-state index is 0.0980. The molecule has 2 aromatic carbocycles. The van der Waals surface area contributed by atoms with Crippen LogP contribution in [0.5, 0.6) is 0 Å². The van der Waals surface area contributed by atoms with Gasteiger partial charge in [0.05, 0.1) is 5.56 Å². The van der Waals surface area contributed by atoms with Gasteiger partial charge in [0.25, 0.3) is 5.91 Å². The molecule has 0 radical (unpaired) electrons. The Labute approximate surface area is 198 Å². The molecule has 182 valence electrons. The Morgan fingerprint density at radius 2 is 1.83 bits per heavy atom. The van der Waals surface area contributed by atoms with Crippen molar-refractivity contribution < 1.29 is 32.3 Å². The zero-order valence-corrected chi connectivity index (χ0v) is 18.4. The van der Waals surface area contributed by atoms with E-state index in [0.29, 0.717) is 28.8 Å². The number of carbonyl (C=O) groups is 4. The summed E-state index contributed by atoms with van der Waals surface area (Å²) in [6, 6.07) is 7.46. The van der Waals surface area contributed by atoms with Crippen LogP contribution in [0.4, 0.5) is 23.7 Å². The van der Waals surface area contributed by atoms with Crippen LogP contribution in [0, 0.1) is 0 Å². The summed E-state index contributed by atoms with van der Waals surface area (Å²) >= 11 is 0. The Morgan fingerprint density at radius 1 is 1.03 bits per heavy atom. The van der Waals surface area contributed by atoms with Gasteiger partial charge in [-0.1, -0.05) is 12.1 Å². The molecule has 2 aromatic rings. The first kappa shape index (κ1) is 22.9. The van der Waals surface area contributed by atoms with Gasteiger partial charge in [0.15, 0.2) is 0 Å². The number of carbonyl (C=O) groups excluding carboxylic acids is 4. The Kier molecular flexibility index (Phi) is 5.49. The van der Waals surface area contributed by atoms with E-state index in [2.05, 4.69) is 10.6 Å². The SMILES string of the molecule is O=C1CCC(N2Cc3cc(NC(=O)N4CCc5cccc(C(F)(F)F)c5C4)ccc3C2=O)C(=O)N1. The maximum atomic E-state index is 13.4. The number of benzene rings is 2. The van der Waals surface area contributed by atoms with Gasteiger partial charge in [-0.3, -0.25) is 19.7 Å². The molecule has 1 unspecified atom stereocenters. The lowest BCUT2D eigenvalue weighted by Gasteiger charge is -2.31. The second-order valence-electron chi connectivity index (χ2n) is 8.81. The van der Waals surface area contributed by atoms with E-state index in [0.717, 1.165) is 6.07 Å². The number of anilines is 1. The number of hydrogen-bond acceptors (Lipinski definition) is 4. The predicted octanol–water partition coefficient (Wildman–Crippen LogP) is 3.06. The van der Waals surface area contributed by atoms with Crippen molar-refractivity contribution in [3.05, 3.63) is 64.2 Å². The lowest BCUT2D eigenvalue weighted by Crippen LogP contribution is -2.52. The van der Waals surface area contributed by atoms with Gasteiger partial charge in [0.2, 0.25) is 11.8 Å². The highest BCUT2D eigenvalue weighted by molar-refractivity contribution is 6.05. The number of hydrogen-bond donors (Lipinski definition) is 2. The molecule has 0 spiro atoms. The molecule has 0 aliphatic carbocycles. The van der Waals surface area contributed by atoms with Crippen LogP contribution in [0.25, 0.3) is 0 Å². The first-order valence-corrected chi connectivity index (χ1v) is 11.1. The predicted molar refractivity (Wildman–Crippen MR) is 117 cm³/mol. The molecular weight excluding hydrogens is 465 g/mol. The third-order valence-electron chi connectivity index (χ3n) is 6.64. The molecule has 0 aromatic heterocycles. The van der Waals surface area contributed by atoms with Crippen LogP contribution in [-0.2, 0) is 35.3 Å². The average Bonchev–Trinajstić information content (AvgIpc) is 3.13. The van der Waals surface area contributed by atoms with Crippen LogP contribution in [0.15, 0.2) is 36.4 Å². The van der Waals surface area contributed by atoms with E-state index in [9.17, 15) is 32.3 Å². The standard InChI is InChI=1S/C24H21F3N4O4/c25-24(26,27)18-3-1-2-13-8-9-30(12-17(13)18)23(35)28-15-4-5-16-14(10-15)11-31(22(16)34)19-6-7-20(32)29-21(19)33/h1-5,10,19H,6-9,11-12H2,(H,28,35)(H,29,32,33). The molecular formula is C24H21F3N4O4. The van der Waals surface area contributed by atoms with E-state index in [-0.39, 0.29) is 49.9 Å². The van der Waals surface area contributed by atoms with Gasteiger partial charge in [-0.15, -0.1) is 0 Å². The van der Waals surface area contributed by atoms with Gasteiger partial charge in [0, 0.05) is 37.3 Å². The highest BCUT2D eigenvalue weighted by Crippen LogP contribution is 2.36. The summed E-state index contributed by atoms with van der Waals surface area (Å²) in [6.07, 6.45) is -3.81. The van der Waals surface area contributed by atoms with Crippen molar-refractivity contribution in [1.29, 1.82) is 0 Å². The van der Waals surface area contributed by atoms with Crippen molar-refractivity contribution in [2.45, 2.75) is 44.6 Å². The topological polar surface area (TPSA) is 98.8 Å². The number of urea groups is 1. The maximum absolute atomic E-state index is 13.4. The number of rotatable bonds is 2. The molecule has 5 amide bonds. The fourth-order valence-corrected chi connectivity index (χ4v) is 4.87. The van der Waals surface area contributed by atoms with Gasteiger partial charge in [-0.05, 0) is 53.8 Å². The summed E-state index contributed by atoms with van der Waals surface area (Å²) in [4.78, 5) is 52.0. The normalized spacial score (nSPS) is 19.9. The zero-order valence-electron chi connectivity index (χ0n) is 18.4. The molecule has 1 saturated heterocycles. The fraction of sp³-hybridized carbons (Fsp3) is 0.333. The largest absolute Gasteiger partial charge is 0.416 e. The highest BCUT2D eigenvalue weighted by atomic mass is 19.4. The van der Waals surface area contributed by atoms with Gasteiger partial charge in [-0.2, -0.15) is 13.2 Å².